The number of ether oxygens (including phenoxy) is 1. The molecule has 2 aromatic rings. The molecule has 1 aliphatic heterocycles. The van der Waals surface area contributed by atoms with Crippen LogP contribution in [-0.2, 0) is 9.53 Å². The van der Waals surface area contributed by atoms with E-state index in [9.17, 15) is 14.0 Å². The first-order valence-corrected chi connectivity index (χ1v) is 10.0. The number of nitrogens with one attached hydrogen (secondary N) is 1. The van der Waals surface area contributed by atoms with Crippen molar-refractivity contribution < 1.29 is 18.7 Å². The lowest BCUT2D eigenvalue weighted by Gasteiger charge is -2.50. The molecule has 0 saturated heterocycles. The fourth-order valence-corrected chi connectivity index (χ4v) is 4.92. The van der Waals surface area contributed by atoms with Gasteiger partial charge in [-0.05, 0) is 48.7 Å². The van der Waals surface area contributed by atoms with Crippen molar-refractivity contribution in [1.29, 1.82) is 0 Å². The Morgan fingerprint density at radius 1 is 1.17 bits per heavy atom. The molecule has 0 radical (unpaired) electrons. The Bertz CT molecular complexity index is 907. The Labute approximate surface area is 169 Å². The van der Waals surface area contributed by atoms with Crippen LogP contribution in [0.5, 0.6) is 0 Å². The third-order valence-electron chi connectivity index (χ3n) is 6.18. The van der Waals surface area contributed by atoms with Gasteiger partial charge in [0, 0.05) is 24.9 Å². The first kappa shape index (κ1) is 19.6. The van der Waals surface area contributed by atoms with E-state index in [1.165, 1.54) is 12.1 Å². The van der Waals surface area contributed by atoms with Crippen LogP contribution in [0.2, 0.25) is 0 Å². The number of benzene rings is 2. The molecule has 1 aliphatic carbocycles. The number of carbonyl (C=O) groups is 2. The number of hydrogen-bond donors (Lipinski definition) is 1. The Hall–Kier alpha value is -2.73. The molecule has 2 aliphatic rings. The summed E-state index contributed by atoms with van der Waals surface area (Å²) < 4.78 is 18.5. The maximum Gasteiger partial charge on any atom is 0.254 e. The van der Waals surface area contributed by atoms with Crippen LogP contribution in [0.3, 0.4) is 0 Å². The van der Waals surface area contributed by atoms with Gasteiger partial charge in [0.25, 0.3) is 5.91 Å². The zero-order valence-corrected chi connectivity index (χ0v) is 16.5. The molecule has 2 amide bonds. The highest BCUT2D eigenvalue weighted by molar-refractivity contribution is 6.05. The number of halogens is 1. The highest BCUT2D eigenvalue weighted by Crippen LogP contribution is 2.50. The molecule has 1 fully saturated rings. The van der Waals surface area contributed by atoms with E-state index in [0.717, 1.165) is 31.2 Å². The normalized spacial score (nSPS) is 20.0. The Morgan fingerprint density at radius 3 is 2.55 bits per heavy atom. The number of methoxy groups -OCH3 is 1. The summed E-state index contributed by atoms with van der Waals surface area (Å²) in [5.74, 6) is -1.04. The van der Waals surface area contributed by atoms with Crippen molar-refractivity contribution in [3.8, 4) is 0 Å². The lowest BCUT2D eigenvalue weighted by atomic mass is 9.71. The summed E-state index contributed by atoms with van der Waals surface area (Å²) in [4.78, 5) is 28.7. The smallest absolute Gasteiger partial charge is 0.254 e. The van der Waals surface area contributed by atoms with Crippen molar-refractivity contribution in [3.05, 3.63) is 65.5 Å². The number of fused-ring (bicyclic) bond motifs is 1. The van der Waals surface area contributed by atoms with Gasteiger partial charge in [0.15, 0.2) is 0 Å². The van der Waals surface area contributed by atoms with E-state index >= 15 is 0 Å². The van der Waals surface area contributed by atoms with Crippen molar-refractivity contribution in [2.24, 2.45) is 0 Å². The number of nitrogens with zero attached hydrogens (tertiary/aromatic N) is 1. The van der Waals surface area contributed by atoms with Crippen LogP contribution < -0.4 is 5.32 Å². The van der Waals surface area contributed by atoms with E-state index in [0.29, 0.717) is 24.4 Å². The third-order valence-corrected chi connectivity index (χ3v) is 6.18. The molecular formula is C23H25FN2O3. The summed E-state index contributed by atoms with van der Waals surface area (Å²) >= 11 is 0. The van der Waals surface area contributed by atoms with Crippen LogP contribution in [0.4, 0.5) is 10.1 Å². The largest absolute Gasteiger partial charge is 0.383 e. The minimum Gasteiger partial charge on any atom is -0.383 e. The average Bonchev–Trinajstić information content (AvgIpc) is 3.19. The summed E-state index contributed by atoms with van der Waals surface area (Å²) in [6.45, 7) is 0.867. The van der Waals surface area contributed by atoms with E-state index in [4.69, 9.17) is 4.74 Å². The summed E-state index contributed by atoms with van der Waals surface area (Å²) in [6, 6.07) is 13.1. The molecule has 0 bridgehead atoms. The third kappa shape index (κ3) is 3.42. The molecule has 29 heavy (non-hydrogen) atoms. The van der Waals surface area contributed by atoms with Crippen LogP contribution in [0, 0.1) is 5.82 Å². The summed E-state index contributed by atoms with van der Waals surface area (Å²) in [5.41, 5.74) is 1.32. The first-order chi connectivity index (χ1) is 14.1. The quantitative estimate of drug-likeness (QED) is 0.832. The average molecular weight is 396 g/mol. The number of carbonyl (C=O) groups excluding carboxylic acids is 2. The minimum absolute atomic E-state index is 0.0367. The fourth-order valence-electron chi connectivity index (χ4n) is 4.92. The number of amides is 2. The highest BCUT2D eigenvalue weighted by atomic mass is 19.1. The lowest BCUT2D eigenvalue weighted by Crippen LogP contribution is -2.60. The molecule has 1 atom stereocenters. The first-order valence-electron chi connectivity index (χ1n) is 10.0. The molecule has 152 valence electrons. The second-order valence-electron chi connectivity index (χ2n) is 7.78. The molecule has 4 rings (SSSR count). The second-order valence-corrected chi connectivity index (χ2v) is 7.78. The van der Waals surface area contributed by atoms with Crippen LogP contribution >= 0.6 is 0 Å². The predicted octanol–water partition coefficient (Wildman–Crippen LogP) is 3.96. The summed E-state index contributed by atoms with van der Waals surface area (Å²) in [7, 11) is 1.61. The monoisotopic (exact) mass is 396 g/mol. The van der Waals surface area contributed by atoms with Crippen molar-refractivity contribution in [3.63, 3.8) is 0 Å². The lowest BCUT2D eigenvalue weighted by molar-refractivity contribution is -0.121. The zero-order valence-electron chi connectivity index (χ0n) is 16.5. The van der Waals surface area contributed by atoms with Gasteiger partial charge in [-0.2, -0.15) is 0 Å². The maximum absolute atomic E-state index is 13.5. The molecule has 1 N–H and O–H groups in total. The van der Waals surface area contributed by atoms with Gasteiger partial charge in [0.1, 0.15) is 5.82 Å². The highest BCUT2D eigenvalue weighted by Gasteiger charge is 2.55. The van der Waals surface area contributed by atoms with Gasteiger partial charge in [-0.1, -0.05) is 31.0 Å². The molecule has 1 spiro atoms. The van der Waals surface area contributed by atoms with E-state index in [-0.39, 0.29) is 17.6 Å². The Balaban J connectivity index is 1.77. The molecule has 2 aromatic carbocycles. The summed E-state index contributed by atoms with van der Waals surface area (Å²) in [6.07, 6.45) is 3.50. The van der Waals surface area contributed by atoms with E-state index in [1.807, 2.05) is 23.1 Å². The number of rotatable bonds is 5. The molecule has 1 saturated carbocycles. The molecule has 5 nitrogen and oxygen atoms in total. The van der Waals surface area contributed by atoms with Crippen LogP contribution in [0.1, 0.15) is 47.5 Å². The van der Waals surface area contributed by atoms with E-state index < -0.39 is 11.5 Å². The van der Waals surface area contributed by atoms with Crippen molar-refractivity contribution >= 4 is 17.5 Å². The topological polar surface area (TPSA) is 58.6 Å². The summed E-state index contributed by atoms with van der Waals surface area (Å²) in [5, 5.41) is 2.95. The van der Waals surface area contributed by atoms with Gasteiger partial charge in [0.05, 0.1) is 18.1 Å². The maximum atomic E-state index is 13.5. The van der Waals surface area contributed by atoms with Crippen LogP contribution in [0.15, 0.2) is 48.5 Å². The van der Waals surface area contributed by atoms with Crippen molar-refractivity contribution in [1.82, 2.24) is 4.90 Å². The second kappa shape index (κ2) is 7.95. The predicted molar refractivity (Wildman–Crippen MR) is 108 cm³/mol. The van der Waals surface area contributed by atoms with Gasteiger partial charge in [0.2, 0.25) is 5.91 Å². The van der Waals surface area contributed by atoms with Gasteiger partial charge in [-0.15, -0.1) is 0 Å². The standard InChI is InChI=1S/C23H25FN2O3/c1-29-15-14-26-22(28)19-7-3-2-6-18(19)20(23(26)12-4-5-13-23)21(27)25-17-10-8-16(24)9-11-17/h2-3,6-11,20H,4-5,12-15H2,1H3,(H,25,27)/t20-/m0/s1. The van der Waals surface area contributed by atoms with Gasteiger partial charge in [-0.3, -0.25) is 9.59 Å². The van der Waals surface area contributed by atoms with Gasteiger partial charge >= 0.3 is 0 Å². The number of anilines is 1. The van der Waals surface area contributed by atoms with Gasteiger partial charge in [-0.25, -0.2) is 4.39 Å². The SMILES string of the molecule is COCCN1C(=O)c2ccccc2[C@@H](C(=O)Nc2ccc(F)cc2)C12CCCC2. The number of hydrogen-bond acceptors (Lipinski definition) is 3. The van der Waals surface area contributed by atoms with Crippen molar-refractivity contribution in [2.45, 2.75) is 37.1 Å². The van der Waals surface area contributed by atoms with Gasteiger partial charge < -0.3 is 15.0 Å². The minimum atomic E-state index is -0.561. The molecule has 0 unspecified atom stereocenters. The van der Waals surface area contributed by atoms with Crippen LogP contribution in [0.25, 0.3) is 0 Å². The van der Waals surface area contributed by atoms with Crippen LogP contribution in [-0.4, -0.2) is 42.5 Å². The zero-order chi connectivity index (χ0) is 20.4. The van der Waals surface area contributed by atoms with E-state index in [2.05, 4.69) is 5.32 Å². The van der Waals surface area contributed by atoms with E-state index in [1.54, 1.807) is 25.3 Å². The molecule has 6 heteroatoms. The Kier molecular flexibility index (Phi) is 5.37. The Morgan fingerprint density at radius 2 is 1.86 bits per heavy atom. The fraction of sp³-hybridized carbons (Fsp3) is 0.391. The molecule has 0 aromatic heterocycles. The van der Waals surface area contributed by atoms with Crippen molar-refractivity contribution in [2.75, 3.05) is 25.6 Å². The molecule has 1 heterocycles. The molecular weight excluding hydrogens is 371 g/mol.